The first-order chi connectivity index (χ1) is 9.31. The Kier molecular flexibility index (Phi) is 2.67. The fourth-order valence-corrected chi connectivity index (χ4v) is 4.17. The van der Waals surface area contributed by atoms with Gasteiger partial charge in [-0.25, -0.2) is 9.97 Å². The second kappa shape index (κ2) is 4.39. The summed E-state index contributed by atoms with van der Waals surface area (Å²) in [5, 5.41) is 4.43. The molecule has 2 aromatic heterocycles. The second-order valence-electron chi connectivity index (χ2n) is 5.57. The van der Waals surface area contributed by atoms with Crippen LogP contribution in [-0.4, -0.2) is 20.9 Å². The topological polar surface area (TPSA) is 29.0 Å². The Morgan fingerprint density at radius 3 is 3.21 bits per heavy atom. The van der Waals surface area contributed by atoms with E-state index in [9.17, 15) is 0 Å². The molecule has 2 aliphatic heterocycles. The molecule has 2 aliphatic rings. The molecular formula is C15H17N3S. The molecular weight excluding hydrogens is 254 g/mol. The highest BCUT2D eigenvalue weighted by atomic mass is 32.1. The molecule has 0 aromatic carbocycles. The van der Waals surface area contributed by atoms with Gasteiger partial charge in [0, 0.05) is 36.8 Å². The zero-order valence-electron chi connectivity index (χ0n) is 11.0. The SMILES string of the molecule is Cc1ncc2c(n1)C[C@H]1CC[C@@H]2N1Cc1ccsc1. The summed E-state index contributed by atoms with van der Waals surface area (Å²) >= 11 is 1.79. The van der Waals surface area contributed by atoms with E-state index in [0.717, 1.165) is 18.8 Å². The monoisotopic (exact) mass is 271 g/mol. The highest BCUT2D eigenvalue weighted by Crippen LogP contribution is 2.43. The molecule has 98 valence electrons. The van der Waals surface area contributed by atoms with Crippen LogP contribution < -0.4 is 0 Å². The minimum atomic E-state index is 0.536. The van der Waals surface area contributed by atoms with Crippen molar-refractivity contribution in [2.45, 2.75) is 44.8 Å². The molecule has 19 heavy (non-hydrogen) atoms. The molecule has 3 nitrogen and oxygen atoms in total. The van der Waals surface area contributed by atoms with Crippen molar-refractivity contribution in [1.29, 1.82) is 0 Å². The molecule has 0 unspecified atom stereocenters. The Hall–Kier alpha value is -1.26. The zero-order valence-corrected chi connectivity index (χ0v) is 11.9. The largest absolute Gasteiger partial charge is 0.289 e. The Balaban J connectivity index is 1.68. The first-order valence-electron chi connectivity index (χ1n) is 6.90. The van der Waals surface area contributed by atoms with Crippen molar-refractivity contribution < 1.29 is 0 Å². The molecule has 1 fully saturated rings. The summed E-state index contributed by atoms with van der Waals surface area (Å²) in [5.41, 5.74) is 4.11. The van der Waals surface area contributed by atoms with E-state index in [4.69, 9.17) is 0 Å². The van der Waals surface area contributed by atoms with Crippen LogP contribution in [0.2, 0.25) is 0 Å². The van der Waals surface area contributed by atoms with Crippen LogP contribution in [-0.2, 0) is 13.0 Å². The van der Waals surface area contributed by atoms with Crippen LogP contribution in [0, 0.1) is 6.92 Å². The third kappa shape index (κ3) is 1.90. The van der Waals surface area contributed by atoms with E-state index in [-0.39, 0.29) is 0 Å². The van der Waals surface area contributed by atoms with Crippen LogP contribution in [0.1, 0.15) is 41.5 Å². The molecule has 4 heterocycles. The number of aryl methyl sites for hydroxylation is 1. The minimum absolute atomic E-state index is 0.536. The van der Waals surface area contributed by atoms with E-state index in [1.165, 1.54) is 29.7 Å². The summed E-state index contributed by atoms with van der Waals surface area (Å²) in [6, 6.07) is 3.45. The minimum Gasteiger partial charge on any atom is -0.289 e. The Morgan fingerprint density at radius 2 is 2.37 bits per heavy atom. The van der Waals surface area contributed by atoms with Crippen molar-refractivity contribution in [3.63, 3.8) is 0 Å². The molecule has 0 aliphatic carbocycles. The predicted molar refractivity (Wildman–Crippen MR) is 76.1 cm³/mol. The van der Waals surface area contributed by atoms with Gasteiger partial charge in [-0.05, 0) is 42.2 Å². The lowest BCUT2D eigenvalue weighted by Crippen LogP contribution is -2.37. The van der Waals surface area contributed by atoms with Crippen LogP contribution in [0.5, 0.6) is 0 Å². The van der Waals surface area contributed by atoms with E-state index in [1.807, 2.05) is 6.92 Å². The number of fused-ring (bicyclic) bond motifs is 4. The molecule has 0 amide bonds. The lowest BCUT2D eigenvalue weighted by Gasteiger charge is -2.35. The van der Waals surface area contributed by atoms with Gasteiger partial charge in [-0.3, -0.25) is 4.90 Å². The lowest BCUT2D eigenvalue weighted by atomic mass is 9.99. The number of nitrogens with zero attached hydrogens (tertiary/aromatic N) is 3. The van der Waals surface area contributed by atoms with Crippen molar-refractivity contribution >= 4 is 11.3 Å². The van der Waals surface area contributed by atoms with Gasteiger partial charge in [0.15, 0.2) is 0 Å². The molecule has 0 N–H and O–H groups in total. The number of rotatable bonds is 2. The predicted octanol–water partition coefficient (Wildman–Crippen LogP) is 3.11. The lowest BCUT2D eigenvalue weighted by molar-refractivity contribution is 0.166. The van der Waals surface area contributed by atoms with E-state index in [2.05, 4.69) is 37.9 Å². The standard InChI is InChI=1S/C15H17N3S/c1-10-16-7-13-14(17-10)6-12-2-3-15(13)18(12)8-11-4-5-19-9-11/h4-5,7,9,12,15H,2-3,6,8H2,1H3/t12-,15+/m1/s1. The molecule has 2 atom stereocenters. The average Bonchev–Trinajstić information content (AvgIpc) is 2.99. The van der Waals surface area contributed by atoms with Gasteiger partial charge < -0.3 is 0 Å². The quantitative estimate of drug-likeness (QED) is 0.840. The normalized spacial score (nSPS) is 25.5. The van der Waals surface area contributed by atoms with E-state index >= 15 is 0 Å². The summed E-state index contributed by atoms with van der Waals surface area (Å²) in [5.74, 6) is 0.907. The van der Waals surface area contributed by atoms with E-state index < -0.39 is 0 Å². The van der Waals surface area contributed by atoms with Crippen LogP contribution in [0.25, 0.3) is 0 Å². The maximum Gasteiger partial charge on any atom is 0.125 e. The number of thiophene rings is 1. The van der Waals surface area contributed by atoms with Gasteiger partial charge in [0.05, 0.1) is 5.69 Å². The fraction of sp³-hybridized carbons (Fsp3) is 0.467. The number of hydrogen-bond donors (Lipinski definition) is 0. The number of hydrogen-bond acceptors (Lipinski definition) is 4. The van der Waals surface area contributed by atoms with Gasteiger partial charge in [0.25, 0.3) is 0 Å². The van der Waals surface area contributed by atoms with Crippen LogP contribution in [0.15, 0.2) is 23.0 Å². The smallest absolute Gasteiger partial charge is 0.125 e. The Bertz CT molecular complexity index is 593. The second-order valence-corrected chi connectivity index (χ2v) is 6.35. The fourth-order valence-electron chi connectivity index (χ4n) is 3.51. The molecule has 2 aromatic rings. The summed E-state index contributed by atoms with van der Waals surface area (Å²) in [6.07, 6.45) is 5.71. The van der Waals surface area contributed by atoms with E-state index in [0.29, 0.717) is 12.1 Å². The van der Waals surface area contributed by atoms with Gasteiger partial charge in [-0.15, -0.1) is 0 Å². The van der Waals surface area contributed by atoms with Crippen molar-refractivity contribution in [3.8, 4) is 0 Å². The highest BCUT2D eigenvalue weighted by molar-refractivity contribution is 7.07. The van der Waals surface area contributed by atoms with Crippen molar-refractivity contribution in [1.82, 2.24) is 14.9 Å². The van der Waals surface area contributed by atoms with Crippen molar-refractivity contribution in [3.05, 3.63) is 45.7 Å². The molecule has 0 radical (unpaired) electrons. The van der Waals surface area contributed by atoms with Crippen LogP contribution in [0.3, 0.4) is 0 Å². The van der Waals surface area contributed by atoms with Gasteiger partial charge in [0.2, 0.25) is 0 Å². The van der Waals surface area contributed by atoms with Gasteiger partial charge in [-0.2, -0.15) is 11.3 Å². The Labute approximate surface area is 117 Å². The molecule has 0 spiro atoms. The summed E-state index contributed by atoms with van der Waals surface area (Å²) < 4.78 is 0. The summed E-state index contributed by atoms with van der Waals surface area (Å²) in [4.78, 5) is 11.7. The molecule has 1 saturated heterocycles. The zero-order chi connectivity index (χ0) is 12.8. The molecule has 4 rings (SSSR count). The van der Waals surface area contributed by atoms with Crippen molar-refractivity contribution in [2.24, 2.45) is 0 Å². The summed E-state index contributed by atoms with van der Waals surface area (Å²) in [7, 11) is 0. The van der Waals surface area contributed by atoms with E-state index in [1.54, 1.807) is 11.3 Å². The van der Waals surface area contributed by atoms with Gasteiger partial charge >= 0.3 is 0 Å². The average molecular weight is 271 g/mol. The third-order valence-corrected chi connectivity index (χ3v) is 5.13. The van der Waals surface area contributed by atoms with Gasteiger partial charge in [-0.1, -0.05) is 0 Å². The third-order valence-electron chi connectivity index (χ3n) is 4.40. The molecule has 4 heteroatoms. The molecule has 2 bridgehead atoms. The Morgan fingerprint density at radius 1 is 1.42 bits per heavy atom. The van der Waals surface area contributed by atoms with Crippen LogP contribution in [0.4, 0.5) is 0 Å². The number of aromatic nitrogens is 2. The van der Waals surface area contributed by atoms with Crippen LogP contribution >= 0.6 is 11.3 Å². The van der Waals surface area contributed by atoms with Crippen molar-refractivity contribution in [2.75, 3.05) is 0 Å². The maximum atomic E-state index is 4.65. The summed E-state index contributed by atoms with van der Waals surface area (Å²) in [6.45, 7) is 3.06. The first kappa shape index (κ1) is 11.6. The highest BCUT2D eigenvalue weighted by Gasteiger charge is 2.40. The molecule has 0 saturated carbocycles. The van der Waals surface area contributed by atoms with Gasteiger partial charge in [0.1, 0.15) is 5.82 Å². The first-order valence-corrected chi connectivity index (χ1v) is 7.85. The maximum absolute atomic E-state index is 4.65.